The zero-order valence-electron chi connectivity index (χ0n) is 11.1. The lowest BCUT2D eigenvalue weighted by Crippen LogP contribution is -2.09. The van der Waals surface area contributed by atoms with Gasteiger partial charge < -0.3 is 5.32 Å². The molecule has 0 saturated carbocycles. The third-order valence-electron chi connectivity index (χ3n) is 2.58. The summed E-state index contributed by atoms with van der Waals surface area (Å²) in [5, 5.41) is 10.0. The van der Waals surface area contributed by atoms with Gasteiger partial charge in [-0.2, -0.15) is 5.10 Å². The van der Waals surface area contributed by atoms with E-state index in [1.807, 2.05) is 0 Å². The van der Waals surface area contributed by atoms with Crippen LogP contribution in [0.2, 0.25) is 0 Å². The van der Waals surface area contributed by atoms with Gasteiger partial charge in [0.05, 0.1) is 9.26 Å². The Bertz CT molecular complexity index is 525. The molecule has 0 radical (unpaired) electrons. The summed E-state index contributed by atoms with van der Waals surface area (Å²) in [4.78, 5) is 13.2. The van der Waals surface area contributed by atoms with E-state index in [1.165, 1.54) is 6.33 Å². The number of nitrogens with zero attached hydrogens (tertiary/aromatic N) is 4. The van der Waals surface area contributed by atoms with Crippen LogP contribution in [-0.2, 0) is 6.42 Å². The summed E-state index contributed by atoms with van der Waals surface area (Å²) in [6.45, 7) is 5.17. The molecule has 0 atom stereocenters. The Hall–Kier alpha value is -1.25. The molecule has 2 aromatic rings. The van der Waals surface area contributed by atoms with Gasteiger partial charge >= 0.3 is 0 Å². The van der Waals surface area contributed by atoms with Gasteiger partial charge in [-0.25, -0.2) is 15.0 Å². The number of anilines is 1. The Morgan fingerprint density at radius 1 is 1.26 bits per heavy atom. The van der Waals surface area contributed by atoms with Crippen LogP contribution in [0, 0.1) is 3.57 Å². The number of halogens is 1. The summed E-state index contributed by atoms with van der Waals surface area (Å²) >= 11 is 2.30. The van der Waals surface area contributed by atoms with Crippen molar-refractivity contribution in [3.8, 4) is 11.6 Å². The molecule has 102 valence electrons. The molecule has 0 amide bonds. The maximum Gasteiger partial charge on any atom is 0.199 e. The molecule has 0 unspecified atom stereocenters. The summed E-state index contributed by atoms with van der Waals surface area (Å²) in [5.74, 6) is 2.08. The molecular formula is C12H17IN6. The molecular weight excluding hydrogens is 355 g/mol. The summed E-state index contributed by atoms with van der Waals surface area (Å²) in [7, 11) is 0. The lowest BCUT2D eigenvalue weighted by atomic mass is 10.2. The van der Waals surface area contributed by atoms with E-state index in [4.69, 9.17) is 0 Å². The van der Waals surface area contributed by atoms with Crippen LogP contribution in [0.25, 0.3) is 11.6 Å². The smallest absolute Gasteiger partial charge is 0.199 e. The van der Waals surface area contributed by atoms with Crippen LogP contribution in [0.3, 0.4) is 0 Å². The third kappa shape index (κ3) is 3.40. The van der Waals surface area contributed by atoms with Gasteiger partial charge in [-0.15, -0.1) is 0 Å². The van der Waals surface area contributed by atoms with Gasteiger partial charge in [0.2, 0.25) is 0 Å². The van der Waals surface area contributed by atoms with E-state index in [0.717, 1.165) is 40.9 Å². The molecule has 19 heavy (non-hydrogen) atoms. The molecule has 0 spiro atoms. The molecule has 0 bridgehead atoms. The molecule has 7 heteroatoms. The number of aromatic amines is 1. The molecule has 0 aromatic carbocycles. The van der Waals surface area contributed by atoms with Crippen LogP contribution in [-0.4, -0.2) is 31.7 Å². The summed E-state index contributed by atoms with van der Waals surface area (Å²) in [6, 6.07) is 0. The molecule has 6 nitrogen and oxygen atoms in total. The number of nitrogens with one attached hydrogen (secondary N) is 2. The molecule has 0 aliphatic rings. The maximum absolute atomic E-state index is 4.58. The summed E-state index contributed by atoms with van der Waals surface area (Å²) in [5.41, 5.74) is 1.06. The van der Waals surface area contributed by atoms with E-state index >= 15 is 0 Å². The molecule has 2 heterocycles. The second-order valence-electron chi connectivity index (χ2n) is 4.17. The largest absolute Gasteiger partial charge is 0.369 e. The van der Waals surface area contributed by atoms with Crippen molar-refractivity contribution in [2.75, 3.05) is 11.9 Å². The van der Waals surface area contributed by atoms with E-state index in [-0.39, 0.29) is 0 Å². The highest BCUT2D eigenvalue weighted by Crippen LogP contribution is 2.23. The number of hydrogen-bond acceptors (Lipinski definition) is 5. The minimum absolute atomic E-state index is 0.597. The Balaban J connectivity index is 2.41. The lowest BCUT2D eigenvalue weighted by Gasteiger charge is -2.11. The topological polar surface area (TPSA) is 79.4 Å². The summed E-state index contributed by atoms with van der Waals surface area (Å²) in [6.07, 6.45) is 4.51. The normalized spacial score (nSPS) is 10.7. The maximum atomic E-state index is 4.58. The van der Waals surface area contributed by atoms with Crippen LogP contribution in [0.15, 0.2) is 6.33 Å². The fourth-order valence-corrected chi connectivity index (χ4v) is 2.38. The van der Waals surface area contributed by atoms with Gasteiger partial charge in [0, 0.05) is 6.54 Å². The van der Waals surface area contributed by atoms with Gasteiger partial charge in [-0.05, 0) is 35.4 Å². The van der Waals surface area contributed by atoms with Gasteiger partial charge in [0.25, 0.3) is 0 Å². The zero-order chi connectivity index (χ0) is 13.7. The van der Waals surface area contributed by atoms with Crippen LogP contribution in [0.1, 0.15) is 32.4 Å². The Morgan fingerprint density at radius 3 is 2.74 bits per heavy atom. The lowest BCUT2D eigenvalue weighted by molar-refractivity contribution is 0.860. The molecule has 2 rings (SSSR count). The molecule has 0 aliphatic carbocycles. The van der Waals surface area contributed by atoms with Crippen molar-refractivity contribution >= 4 is 28.4 Å². The van der Waals surface area contributed by atoms with E-state index < -0.39 is 0 Å². The number of aromatic nitrogens is 5. The molecule has 0 aliphatic heterocycles. The fourth-order valence-electron chi connectivity index (χ4n) is 1.68. The van der Waals surface area contributed by atoms with Crippen molar-refractivity contribution in [2.24, 2.45) is 0 Å². The van der Waals surface area contributed by atoms with Crippen LogP contribution in [0.4, 0.5) is 5.82 Å². The van der Waals surface area contributed by atoms with Crippen LogP contribution >= 0.6 is 22.6 Å². The summed E-state index contributed by atoms with van der Waals surface area (Å²) < 4.78 is 1.09. The highest BCUT2D eigenvalue weighted by molar-refractivity contribution is 14.1. The first-order valence-corrected chi connectivity index (χ1v) is 7.50. The van der Waals surface area contributed by atoms with Crippen molar-refractivity contribution in [3.05, 3.63) is 15.6 Å². The first-order valence-electron chi connectivity index (χ1n) is 6.42. The average Bonchev–Trinajstić information content (AvgIpc) is 2.94. The van der Waals surface area contributed by atoms with Crippen molar-refractivity contribution in [1.29, 1.82) is 0 Å². The Labute approximate surface area is 126 Å². The number of hydrogen-bond donors (Lipinski definition) is 2. The van der Waals surface area contributed by atoms with Crippen LogP contribution < -0.4 is 5.32 Å². The fraction of sp³-hybridized carbons (Fsp3) is 0.500. The number of rotatable bonds is 6. The second-order valence-corrected chi connectivity index (χ2v) is 5.25. The molecule has 2 aromatic heterocycles. The van der Waals surface area contributed by atoms with Crippen LogP contribution in [0.5, 0.6) is 0 Å². The average molecular weight is 372 g/mol. The van der Waals surface area contributed by atoms with Gasteiger partial charge in [0.1, 0.15) is 12.1 Å². The van der Waals surface area contributed by atoms with Gasteiger partial charge in [-0.1, -0.05) is 20.3 Å². The SMILES string of the molecule is CCCNc1nc(-c2ncn[nH]2)nc(CCC)c1I. The van der Waals surface area contributed by atoms with E-state index in [2.05, 4.69) is 66.9 Å². The minimum Gasteiger partial charge on any atom is -0.369 e. The highest BCUT2D eigenvalue weighted by atomic mass is 127. The van der Waals surface area contributed by atoms with Crippen molar-refractivity contribution in [3.63, 3.8) is 0 Å². The first-order chi connectivity index (χ1) is 9.26. The van der Waals surface area contributed by atoms with Crippen molar-refractivity contribution in [2.45, 2.75) is 33.1 Å². The monoisotopic (exact) mass is 372 g/mol. The van der Waals surface area contributed by atoms with Gasteiger partial charge in [-0.3, -0.25) is 5.10 Å². The Kier molecular flexibility index (Phi) is 5.06. The molecule has 0 saturated heterocycles. The van der Waals surface area contributed by atoms with E-state index in [0.29, 0.717) is 11.6 Å². The van der Waals surface area contributed by atoms with Gasteiger partial charge in [0.15, 0.2) is 11.6 Å². The Morgan fingerprint density at radius 2 is 2.11 bits per heavy atom. The predicted octanol–water partition coefficient (Wildman–Crippen LogP) is 2.64. The van der Waals surface area contributed by atoms with E-state index in [1.54, 1.807) is 0 Å². The molecule has 0 fully saturated rings. The highest BCUT2D eigenvalue weighted by Gasteiger charge is 2.14. The third-order valence-corrected chi connectivity index (χ3v) is 3.71. The predicted molar refractivity (Wildman–Crippen MR) is 82.9 cm³/mol. The quantitative estimate of drug-likeness (QED) is 0.763. The first kappa shape index (κ1) is 14.2. The number of H-pyrrole nitrogens is 1. The second kappa shape index (κ2) is 6.78. The van der Waals surface area contributed by atoms with Crippen molar-refractivity contribution in [1.82, 2.24) is 25.1 Å². The molecule has 2 N–H and O–H groups in total. The minimum atomic E-state index is 0.597. The zero-order valence-corrected chi connectivity index (χ0v) is 13.2. The number of aryl methyl sites for hydroxylation is 1. The van der Waals surface area contributed by atoms with Crippen molar-refractivity contribution < 1.29 is 0 Å². The van der Waals surface area contributed by atoms with E-state index in [9.17, 15) is 0 Å². The standard InChI is InChI=1S/C12H17IN6/c1-3-5-8-9(13)10(14-6-4-2)18-12(17-8)11-15-7-16-19-11/h7H,3-6H2,1-2H3,(H,14,17,18)(H,15,16,19).